The summed E-state index contributed by atoms with van der Waals surface area (Å²) in [6, 6.07) is 16.1. The van der Waals surface area contributed by atoms with Gasteiger partial charge in [-0.3, -0.25) is 19.7 Å². The second-order valence-electron chi connectivity index (χ2n) is 6.11. The van der Waals surface area contributed by atoms with E-state index in [4.69, 9.17) is 11.6 Å². The topological polar surface area (TPSA) is 94.2 Å². The summed E-state index contributed by atoms with van der Waals surface area (Å²) in [4.78, 5) is 34.8. The summed E-state index contributed by atoms with van der Waals surface area (Å²) < 4.78 is 1.43. The number of pyridine rings is 1. The average Bonchev–Trinajstić information content (AvgIpc) is 2.70. The molecule has 0 aliphatic heterocycles. The van der Waals surface area contributed by atoms with Crippen LogP contribution in [-0.2, 0) is 11.3 Å². The molecule has 1 amide bonds. The summed E-state index contributed by atoms with van der Waals surface area (Å²) in [6.07, 6.45) is 4.08. The predicted molar refractivity (Wildman–Crippen MR) is 112 cm³/mol. The SMILES string of the molecule is O=C(C=Cc1ccccc1[N+](=O)[O-])Nc1ccc(=O)n(Cc2ccccc2Cl)c1. The zero-order chi connectivity index (χ0) is 20.8. The highest BCUT2D eigenvalue weighted by Gasteiger charge is 2.10. The van der Waals surface area contributed by atoms with Crippen molar-refractivity contribution in [2.45, 2.75) is 6.54 Å². The Morgan fingerprint density at radius 1 is 1.10 bits per heavy atom. The molecular formula is C21H16ClN3O4. The van der Waals surface area contributed by atoms with Crippen LogP contribution < -0.4 is 10.9 Å². The summed E-state index contributed by atoms with van der Waals surface area (Å²) in [5.74, 6) is -0.480. The van der Waals surface area contributed by atoms with Crippen LogP contribution in [0.1, 0.15) is 11.1 Å². The van der Waals surface area contributed by atoms with E-state index in [1.54, 1.807) is 30.3 Å². The Kier molecular flexibility index (Phi) is 6.21. The van der Waals surface area contributed by atoms with Crippen molar-refractivity contribution >= 4 is 35.0 Å². The summed E-state index contributed by atoms with van der Waals surface area (Å²) in [7, 11) is 0. The molecule has 0 bridgehead atoms. The van der Waals surface area contributed by atoms with Crippen molar-refractivity contribution in [3.63, 3.8) is 0 Å². The van der Waals surface area contributed by atoms with Crippen molar-refractivity contribution in [3.8, 4) is 0 Å². The molecule has 3 rings (SSSR count). The zero-order valence-electron chi connectivity index (χ0n) is 15.1. The van der Waals surface area contributed by atoms with Crippen molar-refractivity contribution in [2.24, 2.45) is 0 Å². The molecular weight excluding hydrogens is 394 g/mol. The van der Waals surface area contributed by atoms with E-state index in [1.165, 1.54) is 41.1 Å². The fraction of sp³-hybridized carbons (Fsp3) is 0.0476. The minimum Gasteiger partial charge on any atom is -0.321 e. The van der Waals surface area contributed by atoms with Crippen LogP contribution in [0.2, 0.25) is 5.02 Å². The fourth-order valence-electron chi connectivity index (χ4n) is 2.68. The standard InChI is InChI=1S/C21H16ClN3O4/c22-18-7-3-1-6-16(18)13-24-14-17(10-12-21(24)27)23-20(26)11-9-15-5-2-4-8-19(15)25(28)29/h1-12,14H,13H2,(H,23,26). The Labute approximate surface area is 171 Å². The number of nitro groups is 1. The van der Waals surface area contributed by atoms with Gasteiger partial charge in [0.1, 0.15) is 0 Å². The molecule has 1 aromatic heterocycles. The van der Waals surface area contributed by atoms with Crippen LogP contribution >= 0.6 is 11.6 Å². The number of para-hydroxylation sites is 1. The number of carbonyl (C=O) groups excluding carboxylic acids is 1. The number of benzene rings is 2. The third kappa shape index (κ3) is 5.18. The van der Waals surface area contributed by atoms with Gasteiger partial charge in [-0.25, -0.2) is 0 Å². The van der Waals surface area contributed by atoms with Gasteiger partial charge in [0.2, 0.25) is 5.91 Å². The van der Waals surface area contributed by atoms with Gasteiger partial charge < -0.3 is 9.88 Å². The third-order valence-corrected chi connectivity index (χ3v) is 4.47. The maximum absolute atomic E-state index is 12.2. The van der Waals surface area contributed by atoms with E-state index in [9.17, 15) is 19.7 Å². The number of nitro benzene ring substituents is 1. The highest BCUT2D eigenvalue weighted by Crippen LogP contribution is 2.19. The van der Waals surface area contributed by atoms with Crippen molar-refractivity contribution < 1.29 is 9.72 Å². The van der Waals surface area contributed by atoms with Gasteiger partial charge in [-0.2, -0.15) is 0 Å². The molecule has 0 radical (unpaired) electrons. The Bertz CT molecular complexity index is 1150. The smallest absolute Gasteiger partial charge is 0.276 e. The molecule has 0 unspecified atom stereocenters. The van der Waals surface area contributed by atoms with Crippen LogP contribution in [0.15, 0.2) is 77.7 Å². The van der Waals surface area contributed by atoms with E-state index in [1.807, 2.05) is 12.1 Å². The van der Waals surface area contributed by atoms with Crippen molar-refractivity contribution in [1.29, 1.82) is 0 Å². The zero-order valence-corrected chi connectivity index (χ0v) is 15.9. The predicted octanol–water partition coefficient (Wildman–Crippen LogP) is 4.11. The number of amides is 1. The first kappa shape index (κ1) is 20.0. The molecule has 3 aromatic rings. The minimum absolute atomic E-state index is 0.0927. The van der Waals surface area contributed by atoms with Crippen molar-refractivity contribution in [3.05, 3.63) is 110 Å². The maximum Gasteiger partial charge on any atom is 0.276 e. The minimum atomic E-state index is -0.512. The number of anilines is 1. The molecule has 8 heteroatoms. The Hall–Kier alpha value is -3.71. The molecule has 0 atom stereocenters. The lowest BCUT2D eigenvalue weighted by Gasteiger charge is -2.10. The first-order chi connectivity index (χ1) is 13.9. The van der Waals surface area contributed by atoms with E-state index in [0.29, 0.717) is 16.3 Å². The lowest BCUT2D eigenvalue weighted by Crippen LogP contribution is -2.20. The molecule has 2 aromatic carbocycles. The Morgan fingerprint density at radius 2 is 1.83 bits per heavy atom. The lowest BCUT2D eigenvalue weighted by molar-refractivity contribution is -0.385. The summed E-state index contributed by atoms with van der Waals surface area (Å²) in [6.45, 7) is 0.258. The molecule has 7 nitrogen and oxygen atoms in total. The molecule has 0 aliphatic carbocycles. The van der Waals surface area contributed by atoms with Crippen LogP contribution in [0.5, 0.6) is 0 Å². The van der Waals surface area contributed by atoms with Crippen LogP contribution in [0, 0.1) is 10.1 Å². The monoisotopic (exact) mass is 409 g/mol. The molecule has 29 heavy (non-hydrogen) atoms. The van der Waals surface area contributed by atoms with E-state index >= 15 is 0 Å². The van der Waals surface area contributed by atoms with Gasteiger partial charge in [0.25, 0.3) is 11.2 Å². The average molecular weight is 410 g/mol. The summed E-state index contributed by atoms with van der Waals surface area (Å²) in [5.41, 5.74) is 1.17. The van der Waals surface area contributed by atoms with E-state index in [2.05, 4.69) is 5.32 Å². The molecule has 0 spiro atoms. The second-order valence-corrected chi connectivity index (χ2v) is 6.52. The molecule has 1 N–H and O–H groups in total. The fourth-order valence-corrected chi connectivity index (χ4v) is 2.88. The normalized spacial score (nSPS) is 10.8. The van der Waals surface area contributed by atoms with Crippen molar-refractivity contribution in [1.82, 2.24) is 4.57 Å². The molecule has 1 heterocycles. The van der Waals surface area contributed by atoms with Gasteiger partial charge >= 0.3 is 0 Å². The van der Waals surface area contributed by atoms with Gasteiger partial charge in [0, 0.05) is 29.4 Å². The second kappa shape index (κ2) is 8.99. The number of halogens is 1. The lowest BCUT2D eigenvalue weighted by atomic mass is 10.1. The van der Waals surface area contributed by atoms with Gasteiger partial charge in [-0.1, -0.05) is 41.9 Å². The molecule has 0 saturated heterocycles. The first-order valence-corrected chi connectivity index (χ1v) is 8.98. The van der Waals surface area contributed by atoms with Crippen molar-refractivity contribution in [2.75, 3.05) is 5.32 Å². The highest BCUT2D eigenvalue weighted by molar-refractivity contribution is 6.31. The number of carbonyl (C=O) groups is 1. The van der Waals surface area contributed by atoms with Gasteiger partial charge in [-0.05, 0) is 29.8 Å². The van der Waals surface area contributed by atoms with Gasteiger partial charge in [-0.15, -0.1) is 0 Å². The molecule has 0 aliphatic rings. The van der Waals surface area contributed by atoms with Crippen LogP contribution in [0.3, 0.4) is 0 Å². The Balaban J connectivity index is 1.75. The molecule has 0 fully saturated rings. The van der Waals surface area contributed by atoms with E-state index < -0.39 is 10.8 Å². The number of hydrogen-bond donors (Lipinski definition) is 1. The Morgan fingerprint density at radius 3 is 2.59 bits per heavy atom. The number of hydrogen-bond acceptors (Lipinski definition) is 4. The third-order valence-electron chi connectivity index (χ3n) is 4.10. The van der Waals surface area contributed by atoms with Gasteiger partial charge in [0.15, 0.2) is 0 Å². The quantitative estimate of drug-likeness (QED) is 0.376. The number of nitrogens with one attached hydrogen (secondary N) is 1. The summed E-state index contributed by atoms with van der Waals surface area (Å²) in [5, 5.41) is 14.2. The maximum atomic E-state index is 12.2. The molecule has 146 valence electrons. The summed E-state index contributed by atoms with van der Waals surface area (Å²) >= 11 is 6.14. The van der Waals surface area contributed by atoms with Crippen LogP contribution in [-0.4, -0.2) is 15.4 Å². The highest BCUT2D eigenvalue weighted by atomic mass is 35.5. The largest absolute Gasteiger partial charge is 0.321 e. The number of rotatable bonds is 6. The molecule has 0 saturated carbocycles. The van der Waals surface area contributed by atoms with E-state index in [-0.39, 0.29) is 17.8 Å². The number of nitrogens with zero attached hydrogens (tertiary/aromatic N) is 2. The van der Waals surface area contributed by atoms with Crippen LogP contribution in [0.25, 0.3) is 6.08 Å². The van der Waals surface area contributed by atoms with Crippen LogP contribution in [0.4, 0.5) is 11.4 Å². The van der Waals surface area contributed by atoms with Gasteiger partial charge in [0.05, 0.1) is 22.7 Å². The first-order valence-electron chi connectivity index (χ1n) is 8.60. The van der Waals surface area contributed by atoms with E-state index in [0.717, 1.165) is 5.56 Å². The number of aromatic nitrogens is 1.